The fraction of sp³-hybridized carbons (Fsp3) is 0.545. The molecule has 0 radical (unpaired) electrons. The molecule has 1 aromatic rings. The highest BCUT2D eigenvalue weighted by atomic mass is 79.9. The zero-order valence-electron chi connectivity index (χ0n) is 9.66. The lowest BCUT2D eigenvalue weighted by Crippen LogP contribution is -2.34. The van der Waals surface area contributed by atoms with Gasteiger partial charge >= 0.3 is 0 Å². The van der Waals surface area contributed by atoms with Crippen LogP contribution in [0.2, 0.25) is 0 Å². The fourth-order valence-corrected chi connectivity index (χ4v) is 1.73. The van der Waals surface area contributed by atoms with Gasteiger partial charge in [0.15, 0.2) is 5.82 Å². The van der Waals surface area contributed by atoms with Gasteiger partial charge in [-0.3, -0.25) is 0 Å². The number of rotatable bonds is 3. The van der Waals surface area contributed by atoms with Crippen LogP contribution in [0.1, 0.15) is 20.8 Å². The molecule has 1 aromatic heterocycles. The van der Waals surface area contributed by atoms with Crippen LogP contribution in [0, 0.1) is 5.92 Å². The summed E-state index contributed by atoms with van der Waals surface area (Å²) in [6.45, 7) is 6.56. The summed E-state index contributed by atoms with van der Waals surface area (Å²) < 4.78 is 0.911. The van der Waals surface area contributed by atoms with Crippen LogP contribution in [0.4, 0.5) is 11.5 Å². The number of aromatic nitrogens is 1. The lowest BCUT2D eigenvalue weighted by atomic mass is 10.1. The van der Waals surface area contributed by atoms with Crippen molar-refractivity contribution in [2.75, 3.05) is 17.7 Å². The summed E-state index contributed by atoms with van der Waals surface area (Å²) in [6.07, 6.45) is 1.77. The van der Waals surface area contributed by atoms with E-state index in [1.807, 2.05) is 13.1 Å². The topological polar surface area (TPSA) is 42.2 Å². The lowest BCUT2D eigenvalue weighted by Gasteiger charge is -2.29. The van der Waals surface area contributed by atoms with E-state index in [0.29, 0.717) is 17.6 Å². The highest BCUT2D eigenvalue weighted by molar-refractivity contribution is 9.10. The highest BCUT2D eigenvalue weighted by Crippen LogP contribution is 2.25. The molecule has 15 heavy (non-hydrogen) atoms. The molecule has 0 amide bonds. The highest BCUT2D eigenvalue weighted by Gasteiger charge is 2.16. The van der Waals surface area contributed by atoms with Gasteiger partial charge in [0, 0.05) is 23.8 Å². The van der Waals surface area contributed by atoms with Crippen LogP contribution in [0.15, 0.2) is 16.7 Å². The van der Waals surface area contributed by atoms with Crippen LogP contribution in [0.25, 0.3) is 0 Å². The second-order valence-corrected chi connectivity index (χ2v) is 5.08. The molecule has 1 unspecified atom stereocenters. The molecular weight excluding hydrogens is 254 g/mol. The molecule has 0 fully saturated rings. The Hall–Kier alpha value is -0.770. The molecule has 1 rings (SSSR count). The number of halogens is 1. The zero-order valence-corrected chi connectivity index (χ0v) is 11.2. The normalized spacial score (nSPS) is 12.9. The second-order valence-electron chi connectivity index (χ2n) is 4.16. The number of nitrogens with zero attached hydrogens (tertiary/aromatic N) is 2. The third-order valence-corrected chi connectivity index (χ3v) is 3.21. The fourth-order valence-electron chi connectivity index (χ4n) is 1.38. The van der Waals surface area contributed by atoms with Crippen LogP contribution >= 0.6 is 15.9 Å². The Morgan fingerprint density at radius 3 is 2.47 bits per heavy atom. The predicted octanol–water partition coefficient (Wildman–Crippen LogP) is 2.91. The Bertz CT molecular complexity index is 339. The minimum absolute atomic E-state index is 0.418. The molecular formula is C11H18BrN3. The predicted molar refractivity (Wildman–Crippen MR) is 69.1 cm³/mol. The van der Waals surface area contributed by atoms with Gasteiger partial charge in [-0.25, -0.2) is 4.98 Å². The maximum absolute atomic E-state index is 5.93. The summed E-state index contributed by atoms with van der Waals surface area (Å²) in [7, 11) is 2.03. The molecule has 1 heterocycles. The first-order valence-corrected chi connectivity index (χ1v) is 5.86. The van der Waals surface area contributed by atoms with Crippen molar-refractivity contribution in [2.24, 2.45) is 5.92 Å². The average molecular weight is 272 g/mol. The number of hydrogen-bond donors (Lipinski definition) is 1. The molecule has 0 aromatic carbocycles. The summed E-state index contributed by atoms with van der Waals surface area (Å²) >= 11 is 3.35. The van der Waals surface area contributed by atoms with Crippen LogP contribution in [0.3, 0.4) is 0 Å². The number of pyridine rings is 1. The van der Waals surface area contributed by atoms with E-state index >= 15 is 0 Å². The first kappa shape index (κ1) is 12.3. The van der Waals surface area contributed by atoms with E-state index in [-0.39, 0.29) is 0 Å². The Morgan fingerprint density at radius 2 is 2.00 bits per heavy atom. The third kappa shape index (κ3) is 2.84. The van der Waals surface area contributed by atoms with Gasteiger partial charge in [-0.1, -0.05) is 13.8 Å². The Labute approximate surface area is 99.8 Å². The zero-order chi connectivity index (χ0) is 11.6. The first-order valence-electron chi connectivity index (χ1n) is 5.07. The molecule has 84 valence electrons. The van der Waals surface area contributed by atoms with Crippen LogP contribution in [-0.4, -0.2) is 18.1 Å². The molecule has 0 aliphatic rings. The number of nitrogen functional groups attached to an aromatic ring is 1. The van der Waals surface area contributed by atoms with E-state index < -0.39 is 0 Å². The van der Waals surface area contributed by atoms with E-state index in [2.05, 4.69) is 46.6 Å². The molecule has 3 nitrogen and oxygen atoms in total. The van der Waals surface area contributed by atoms with Gasteiger partial charge in [-0.15, -0.1) is 0 Å². The molecule has 0 saturated carbocycles. The average Bonchev–Trinajstić information content (AvgIpc) is 2.15. The molecule has 1 atom stereocenters. The Kier molecular flexibility index (Phi) is 3.97. The van der Waals surface area contributed by atoms with E-state index in [1.54, 1.807) is 6.20 Å². The van der Waals surface area contributed by atoms with Crippen molar-refractivity contribution < 1.29 is 0 Å². The summed E-state index contributed by atoms with van der Waals surface area (Å²) in [6, 6.07) is 2.30. The van der Waals surface area contributed by atoms with E-state index in [9.17, 15) is 0 Å². The first-order chi connectivity index (χ1) is 6.93. The van der Waals surface area contributed by atoms with Gasteiger partial charge in [0.2, 0.25) is 0 Å². The molecule has 4 heteroatoms. The van der Waals surface area contributed by atoms with E-state index in [1.165, 1.54) is 0 Å². The third-order valence-electron chi connectivity index (χ3n) is 2.77. The van der Waals surface area contributed by atoms with Gasteiger partial charge in [0.05, 0.1) is 5.69 Å². The number of anilines is 2. The summed E-state index contributed by atoms with van der Waals surface area (Å²) in [5, 5.41) is 0. The van der Waals surface area contributed by atoms with Crippen LogP contribution in [-0.2, 0) is 0 Å². The molecule has 0 spiro atoms. The van der Waals surface area contributed by atoms with Crippen molar-refractivity contribution in [3.8, 4) is 0 Å². The number of nitrogens with two attached hydrogens (primary N) is 1. The summed E-state index contributed by atoms with van der Waals surface area (Å²) in [4.78, 5) is 6.45. The van der Waals surface area contributed by atoms with Crippen LogP contribution < -0.4 is 10.6 Å². The summed E-state index contributed by atoms with van der Waals surface area (Å²) in [5.41, 5.74) is 6.63. The lowest BCUT2D eigenvalue weighted by molar-refractivity contribution is 0.503. The Balaban J connectivity index is 2.96. The van der Waals surface area contributed by atoms with Gasteiger partial charge < -0.3 is 10.6 Å². The van der Waals surface area contributed by atoms with Crippen LogP contribution in [0.5, 0.6) is 0 Å². The minimum Gasteiger partial charge on any atom is -0.396 e. The van der Waals surface area contributed by atoms with Crippen molar-refractivity contribution in [1.29, 1.82) is 0 Å². The number of hydrogen-bond acceptors (Lipinski definition) is 3. The molecule has 0 bridgehead atoms. The maximum atomic E-state index is 5.93. The molecule has 0 aliphatic carbocycles. The minimum atomic E-state index is 0.418. The summed E-state index contributed by atoms with van der Waals surface area (Å²) in [5.74, 6) is 1.42. The molecule has 0 aliphatic heterocycles. The van der Waals surface area contributed by atoms with Crippen molar-refractivity contribution in [3.63, 3.8) is 0 Å². The standard InChI is InChI=1S/C11H18BrN3/c1-7(2)8(3)15(4)11-10(13)5-9(12)6-14-11/h5-8H,13H2,1-4H3. The van der Waals surface area contributed by atoms with Crippen molar-refractivity contribution >= 4 is 27.4 Å². The largest absolute Gasteiger partial charge is 0.396 e. The Morgan fingerprint density at radius 1 is 1.40 bits per heavy atom. The van der Waals surface area contributed by atoms with Crippen molar-refractivity contribution in [3.05, 3.63) is 16.7 Å². The monoisotopic (exact) mass is 271 g/mol. The second kappa shape index (κ2) is 4.84. The van der Waals surface area contributed by atoms with E-state index in [0.717, 1.165) is 10.3 Å². The maximum Gasteiger partial charge on any atom is 0.151 e. The van der Waals surface area contributed by atoms with Gasteiger partial charge in [0.1, 0.15) is 0 Å². The molecule has 0 saturated heterocycles. The van der Waals surface area contributed by atoms with Gasteiger partial charge in [-0.2, -0.15) is 0 Å². The van der Waals surface area contributed by atoms with Crippen molar-refractivity contribution in [2.45, 2.75) is 26.8 Å². The molecule has 2 N–H and O–H groups in total. The van der Waals surface area contributed by atoms with E-state index in [4.69, 9.17) is 5.73 Å². The SMILES string of the molecule is CC(C)C(C)N(C)c1ncc(Br)cc1N. The smallest absolute Gasteiger partial charge is 0.151 e. The van der Waals surface area contributed by atoms with Crippen molar-refractivity contribution in [1.82, 2.24) is 4.98 Å². The quantitative estimate of drug-likeness (QED) is 0.919. The van der Waals surface area contributed by atoms with Gasteiger partial charge in [0.25, 0.3) is 0 Å². The van der Waals surface area contributed by atoms with Gasteiger partial charge in [-0.05, 0) is 34.8 Å².